The number of hydrogen-bond acceptors (Lipinski definition) is 3. The molecule has 0 aliphatic heterocycles. The Hall–Kier alpha value is -1.30. The van der Waals surface area contributed by atoms with E-state index in [0.717, 1.165) is 0 Å². The molecule has 6 nitrogen and oxygen atoms in total. The summed E-state index contributed by atoms with van der Waals surface area (Å²) in [6.45, 7) is 7.68. The number of carboxylic acids is 1. The molecule has 106 valence electrons. The molecule has 0 saturated carbocycles. The van der Waals surface area contributed by atoms with Crippen molar-refractivity contribution in [1.29, 1.82) is 0 Å². The molecule has 6 heteroatoms. The second kappa shape index (κ2) is 7.20. The fraction of sp³-hybridized carbons (Fsp3) is 0.833. The van der Waals surface area contributed by atoms with Crippen molar-refractivity contribution in [3.8, 4) is 0 Å². The van der Waals surface area contributed by atoms with Crippen LogP contribution in [0.2, 0.25) is 0 Å². The first-order chi connectivity index (χ1) is 8.18. The fourth-order valence-electron chi connectivity index (χ4n) is 1.41. The van der Waals surface area contributed by atoms with Gasteiger partial charge in [0.25, 0.3) is 0 Å². The summed E-state index contributed by atoms with van der Waals surface area (Å²) >= 11 is 0. The topological polar surface area (TPSA) is 87.7 Å². The quantitative estimate of drug-likeness (QED) is 0.670. The average Bonchev–Trinajstić information content (AvgIpc) is 2.21. The van der Waals surface area contributed by atoms with Gasteiger partial charge >= 0.3 is 12.0 Å². The number of amides is 2. The summed E-state index contributed by atoms with van der Waals surface area (Å²) in [6.07, 6.45) is 0.678. The van der Waals surface area contributed by atoms with E-state index >= 15 is 0 Å². The zero-order valence-electron chi connectivity index (χ0n) is 11.7. The standard InChI is InChI=1S/C12H24N2O4/c1-8(6-7-18-5)13-11(17)14-9(10(15)16)12(2,3)4/h8-9H,6-7H2,1-5H3,(H,15,16)(H2,13,14,17)/t8?,9-/m0/s1. The molecule has 0 bridgehead atoms. The molecule has 0 heterocycles. The van der Waals surface area contributed by atoms with Gasteiger partial charge in [-0.2, -0.15) is 0 Å². The first-order valence-electron chi connectivity index (χ1n) is 5.97. The molecule has 2 atom stereocenters. The van der Waals surface area contributed by atoms with Crippen molar-refractivity contribution < 1.29 is 19.4 Å². The summed E-state index contributed by atoms with van der Waals surface area (Å²) in [4.78, 5) is 22.7. The molecule has 3 N–H and O–H groups in total. The summed E-state index contributed by atoms with van der Waals surface area (Å²) < 4.78 is 4.90. The second-order valence-electron chi connectivity index (χ2n) is 5.44. The summed E-state index contributed by atoms with van der Waals surface area (Å²) in [5, 5.41) is 14.2. The predicted octanol–water partition coefficient (Wildman–Crippen LogP) is 1.21. The Bertz CT molecular complexity index is 286. The molecule has 0 saturated heterocycles. The van der Waals surface area contributed by atoms with Crippen LogP contribution in [-0.4, -0.2) is 42.9 Å². The number of urea groups is 1. The van der Waals surface area contributed by atoms with Crippen molar-refractivity contribution in [2.24, 2.45) is 5.41 Å². The lowest BCUT2D eigenvalue weighted by Gasteiger charge is -2.28. The molecule has 0 fully saturated rings. The molecule has 0 spiro atoms. The van der Waals surface area contributed by atoms with Gasteiger partial charge in [-0.15, -0.1) is 0 Å². The molecule has 0 aromatic heterocycles. The van der Waals surface area contributed by atoms with Gasteiger partial charge < -0.3 is 20.5 Å². The van der Waals surface area contributed by atoms with Gasteiger partial charge in [-0.05, 0) is 18.8 Å². The second-order valence-corrected chi connectivity index (χ2v) is 5.44. The van der Waals surface area contributed by atoms with Crippen LogP contribution in [0.25, 0.3) is 0 Å². The van der Waals surface area contributed by atoms with Gasteiger partial charge in [-0.1, -0.05) is 20.8 Å². The maximum Gasteiger partial charge on any atom is 0.326 e. The first kappa shape index (κ1) is 16.7. The van der Waals surface area contributed by atoms with E-state index in [9.17, 15) is 9.59 Å². The van der Waals surface area contributed by atoms with E-state index in [1.807, 2.05) is 6.92 Å². The third-order valence-corrected chi connectivity index (χ3v) is 2.52. The van der Waals surface area contributed by atoms with Crippen LogP contribution in [0, 0.1) is 5.41 Å². The van der Waals surface area contributed by atoms with Gasteiger partial charge in [0.1, 0.15) is 6.04 Å². The maximum absolute atomic E-state index is 11.7. The molecular formula is C12H24N2O4. The van der Waals surface area contributed by atoms with E-state index in [0.29, 0.717) is 13.0 Å². The van der Waals surface area contributed by atoms with E-state index in [1.54, 1.807) is 27.9 Å². The number of rotatable bonds is 6. The van der Waals surface area contributed by atoms with Crippen LogP contribution >= 0.6 is 0 Å². The number of methoxy groups -OCH3 is 1. The molecule has 0 rings (SSSR count). The monoisotopic (exact) mass is 260 g/mol. The SMILES string of the molecule is COCCC(C)NC(=O)N[C@@H](C(=O)O)C(C)(C)C. The molecule has 0 radical (unpaired) electrons. The third kappa shape index (κ3) is 6.44. The molecule has 0 aliphatic rings. The molecule has 0 aromatic carbocycles. The lowest BCUT2D eigenvalue weighted by molar-refractivity contribution is -0.141. The minimum atomic E-state index is -1.04. The summed E-state index contributed by atoms with van der Waals surface area (Å²) in [6, 6.07) is -1.47. The largest absolute Gasteiger partial charge is 0.480 e. The highest BCUT2D eigenvalue weighted by Crippen LogP contribution is 2.19. The normalized spacial score (nSPS) is 14.7. The number of carbonyl (C=O) groups excluding carboxylic acids is 1. The lowest BCUT2D eigenvalue weighted by Crippen LogP contribution is -2.53. The van der Waals surface area contributed by atoms with E-state index in [2.05, 4.69) is 10.6 Å². The van der Waals surface area contributed by atoms with Crippen molar-refractivity contribution in [3.63, 3.8) is 0 Å². The van der Waals surface area contributed by atoms with Gasteiger partial charge in [0, 0.05) is 19.8 Å². The Balaban J connectivity index is 4.31. The highest BCUT2D eigenvalue weighted by molar-refractivity contribution is 5.83. The summed E-state index contributed by atoms with van der Waals surface area (Å²) in [7, 11) is 1.59. The van der Waals surface area contributed by atoms with Crippen LogP contribution in [0.1, 0.15) is 34.1 Å². The van der Waals surface area contributed by atoms with Gasteiger partial charge in [0.2, 0.25) is 0 Å². The Morgan fingerprint density at radius 1 is 1.28 bits per heavy atom. The third-order valence-electron chi connectivity index (χ3n) is 2.52. The highest BCUT2D eigenvalue weighted by atomic mass is 16.5. The summed E-state index contributed by atoms with van der Waals surface area (Å²) in [5.41, 5.74) is -0.543. The molecule has 0 aliphatic carbocycles. The Morgan fingerprint density at radius 3 is 2.22 bits per heavy atom. The Morgan fingerprint density at radius 2 is 1.83 bits per heavy atom. The molecule has 2 amide bonds. The van der Waals surface area contributed by atoms with Crippen molar-refractivity contribution in [2.45, 2.75) is 46.2 Å². The lowest BCUT2D eigenvalue weighted by atomic mass is 9.87. The molecule has 0 aromatic rings. The number of carbonyl (C=O) groups is 2. The molecule has 18 heavy (non-hydrogen) atoms. The van der Waals surface area contributed by atoms with Crippen LogP contribution in [0.4, 0.5) is 4.79 Å². The minimum absolute atomic E-state index is 0.0700. The summed E-state index contributed by atoms with van der Waals surface area (Å²) in [5.74, 6) is -1.04. The van der Waals surface area contributed by atoms with Gasteiger partial charge in [-0.3, -0.25) is 0 Å². The Labute approximate surface area is 108 Å². The van der Waals surface area contributed by atoms with Crippen LogP contribution in [0.3, 0.4) is 0 Å². The van der Waals surface area contributed by atoms with E-state index < -0.39 is 23.5 Å². The van der Waals surface area contributed by atoms with Gasteiger partial charge in [0.15, 0.2) is 0 Å². The zero-order valence-corrected chi connectivity index (χ0v) is 11.7. The van der Waals surface area contributed by atoms with E-state index in [1.165, 1.54) is 0 Å². The zero-order chi connectivity index (χ0) is 14.3. The number of ether oxygens (including phenoxy) is 1. The van der Waals surface area contributed by atoms with Crippen molar-refractivity contribution >= 4 is 12.0 Å². The van der Waals surface area contributed by atoms with Gasteiger partial charge in [0.05, 0.1) is 0 Å². The average molecular weight is 260 g/mol. The minimum Gasteiger partial charge on any atom is -0.480 e. The van der Waals surface area contributed by atoms with Crippen LogP contribution in [0.5, 0.6) is 0 Å². The van der Waals surface area contributed by atoms with Crippen LogP contribution in [-0.2, 0) is 9.53 Å². The number of nitrogens with one attached hydrogen (secondary N) is 2. The maximum atomic E-state index is 11.7. The fourth-order valence-corrected chi connectivity index (χ4v) is 1.41. The van der Waals surface area contributed by atoms with Crippen molar-refractivity contribution in [3.05, 3.63) is 0 Å². The number of carboxylic acid groups (broad SMARTS) is 1. The smallest absolute Gasteiger partial charge is 0.326 e. The number of hydrogen-bond donors (Lipinski definition) is 3. The molecule has 1 unspecified atom stereocenters. The van der Waals surface area contributed by atoms with Gasteiger partial charge in [-0.25, -0.2) is 9.59 Å². The van der Waals surface area contributed by atoms with Crippen molar-refractivity contribution in [2.75, 3.05) is 13.7 Å². The Kier molecular flexibility index (Phi) is 6.68. The van der Waals surface area contributed by atoms with Crippen LogP contribution < -0.4 is 10.6 Å². The first-order valence-corrected chi connectivity index (χ1v) is 5.97. The van der Waals surface area contributed by atoms with E-state index in [-0.39, 0.29) is 6.04 Å². The van der Waals surface area contributed by atoms with Crippen molar-refractivity contribution in [1.82, 2.24) is 10.6 Å². The predicted molar refractivity (Wildman–Crippen MR) is 68.5 cm³/mol. The molecular weight excluding hydrogens is 236 g/mol. The number of aliphatic carboxylic acids is 1. The van der Waals surface area contributed by atoms with Crippen LogP contribution in [0.15, 0.2) is 0 Å². The highest BCUT2D eigenvalue weighted by Gasteiger charge is 2.32. The van der Waals surface area contributed by atoms with E-state index in [4.69, 9.17) is 9.84 Å².